The van der Waals surface area contributed by atoms with E-state index in [0.29, 0.717) is 36.5 Å². The van der Waals surface area contributed by atoms with Crippen molar-refractivity contribution in [2.24, 2.45) is 0 Å². The number of carboxylic acids is 1. The van der Waals surface area contributed by atoms with Crippen molar-refractivity contribution in [2.45, 2.75) is 37.9 Å². The molecule has 0 bridgehead atoms. The molecule has 0 aromatic heterocycles. The van der Waals surface area contributed by atoms with Crippen LogP contribution in [0.3, 0.4) is 0 Å². The average Bonchev–Trinajstić information content (AvgIpc) is 2.84. The number of benzene rings is 1. The minimum absolute atomic E-state index is 0.313. The summed E-state index contributed by atoms with van der Waals surface area (Å²) in [5, 5.41) is 18.1. The van der Waals surface area contributed by atoms with Gasteiger partial charge in [0, 0.05) is 19.2 Å². The molecule has 2 atom stereocenters. The van der Waals surface area contributed by atoms with Gasteiger partial charge in [-0.3, -0.25) is 14.4 Å². The van der Waals surface area contributed by atoms with E-state index in [1.54, 1.807) is 17.8 Å². The van der Waals surface area contributed by atoms with Crippen molar-refractivity contribution in [3.05, 3.63) is 34.9 Å². The summed E-state index contributed by atoms with van der Waals surface area (Å²) < 4.78 is 0. The number of nitrogens with one attached hydrogen (secondary N) is 3. The van der Waals surface area contributed by atoms with E-state index in [1.165, 1.54) is 18.8 Å². The zero-order chi connectivity index (χ0) is 25.1. The molecule has 0 aliphatic carbocycles. The van der Waals surface area contributed by atoms with Crippen molar-refractivity contribution in [3.8, 4) is 0 Å². The number of amides is 3. The Morgan fingerprint density at radius 3 is 2.53 bits per heavy atom. The topological polar surface area (TPSA) is 128 Å². The minimum atomic E-state index is -1.08. The smallest absolute Gasteiger partial charge is 0.326 e. The lowest BCUT2D eigenvalue weighted by molar-refractivity contribution is -0.148. The first-order chi connectivity index (χ1) is 16.3. The van der Waals surface area contributed by atoms with Gasteiger partial charge in [-0.2, -0.15) is 23.5 Å². The number of nitrogens with zero attached hydrogens (tertiary/aromatic N) is 1. The summed E-state index contributed by atoms with van der Waals surface area (Å²) in [6, 6.07) is 3.83. The fraction of sp³-hybridized carbons (Fsp3) is 0.565. The van der Waals surface area contributed by atoms with Gasteiger partial charge >= 0.3 is 5.97 Å². The van der Waals surface area contributed by atoms with Crippen LogP contribution in [-0.2, 0) is 27.3 Å². The van der Waals surface area contributed by atoms with Gasteiger partial charge in [-0.05, 0) is 67.0 Å². The molecule has 2 rings (SSSR count). The number of carbonyl (C=O) groups excluding carboxylic acids is 3. The Kier molecular flexibility index (Phi) is 11.7. The largest absolute Gasteiger partial charge is 0.480 e. The van der Waals surface area contributed by atoms with Crippen molar-refractivity contribution in [1.82, 2.24) is 20.9 Å². The molecule has 1 heterocycles. The number of hydrogen-bond donors (Lipinski definition) is 4. The Morgan fingerprint density at radius 2 is 1.85 bits per heavy atom. The third kappa shape index (κ3) is 7.92. The summed E-state index contributed by atoms with van der Waals surface area (Å²) in [6.07, 6.45) is 5.24. The number of carbonyl (C=O) groups is 4. The second kappa shape index (κ2) is 14.2. The third-order valence-corrected chi connectivity index (χ3v) is 7.06. The molecule has 1 aliphatic rings. The highest BCUT2D eigenvalue weighted by molar-refractivity contribution is 7.98. The van der Waals surface area contributed by atoms with Gasteiger partial charge in [0.05, 0.1) is 6.54 Å². The Balaban J connectivity index is 2.03. The van der Waals surface area contributed by atoms with Gasteiger partial charge in [-0.15, -0.1) is 0 Å². The van der Waals surface area contributed by atoms with Gasteiger partial charge in [-0.1, -0.05) is 12.1 Å². The summed E-state index contributed by atoms with van der Waals surface area (Å²) >= 11 is 3.06. The Morgan fingerprint density at radius 1 is 1.15 bits per heavy atom. The second-order valence-corrected chi connectivity index (χ2v) is 10.0. The predicted octanol–water partition coefficient (Wildman–Crippen LogP) is 0.965. The van der Waals surface area contributed by atoms with Crippen molar-refractivity contribution in [1.29, 1.82) is 0 Å². The summed E-state index contributed by atoms with van der Waals surface area (Å²) in [5.41, 5.74) is 2.63. The van der Waals surface area contributed by atoms with Gasteiger partial charge in [0.15, 0.2) is 0 Å². The molecule has 1 aromatic carbocycles. The summed E-state index contributed by atoms with van der Waals surface area (Å²) in [5.74, 6) is -1.11. The maximum absolute atomic E-state index is 13.0. The Hall–Kier alpha value is -2.24. The first kappa shape index (κ1) is 28.0. The van der Waals surface area contributed by atoms with Gasteiger partial charge in [-0.25, -0.2) is 4.79 Å². The minimum Gasteiger partial charge on any atom is -0.480 e. The molecule has 2 unspecified atom stereocenters. The van der Waals surface area contributed by atoms with Gasteiger partial charge in [0.1, 0.15) is 12.1 Å². The molecule has 34 heavy (non-hydrogen) atoms. The first-order valence-electron chi connectivity index (χ1n) is 11.2. The van der Waals surface area contributed by atoms with Crippen molar-refractivity contribution in [3.63, 3.8) is 0 Å². The van der Waals surface area contributed by atoms with E-state index in [-0.39, 0.29) is 12.5 Å². The maximum Gasteiger partial charge on any atom is 0.326 e. The second-order valence-electron chi connectivity index (χ2n) is 8.04. The van der Waals surface area contributed by atoms with E-state index in [2.05, 4.69) is 16.0 Å². The van der Waals surface area contributed by atoms with Crippen molar-refractivity contribution >= 4 is 47.2 Å². The van der Waals surface area contributed by atoms with Crippen LogP contribution in [0.1, 0.15) is 34.3 Å². The number of likely N-dealkylation sites (N-methyl/N-ethyl adjacent to an activating group) is 1. The predicted molar refractivity (Wildman–Crippen MR) is 136 cm³/mol. The molecule has 0 radical (unpaired) electrons. The number of rotatable bonds is 13. The van der Waals surface area contributed by atoms with E-state index >= 15 is 0 Å². The summed E-state index contributed by atoms with van der Waals surface area (Å²) in [4.78, 5) is 51.1. The third-order valence-electron chi connectivity index (χ3n) is 5.77. The molecular formula is C23H34N4O5S2. The molecule has 11 heteroatoms. The fourth-order valence-corrected chi connectivity index (χ4v) is 4.71. The number of thioether (sulfide) groups is 2. The zero-order valence-corrected chi connectivity index (χ0v) is 21.5. The summed E-state index contributed by atoms with van der Waals surface area (Å²) in [6.45, 7) is 1.16. The van der Waals surface area contributed by atoms with E-state index in [1.807, 2.05) is 24.6 Å². The van der Waals surface area contributed by atoms with E-state index in [0.717, 1.165) is 29.0 Å². The Bertz CT molecular complexity index is 883. The highest BCUT2D eigenvalue weighted by atomic mass is 32.2. The van der Waals surface area contributed by atoms with Crippen LogP contribution in [0, 0.1) is 0 Å². The lowest BCUT2D eigenvalue weighted by Gasteiger charge is -2.25. The van der Waals surface area contributed by atoms with Crippen LogP contribution >= 0.6 is 23.5 Å². The molecule has 3 amide bonds. The van der Waals surface area contributed by atoms with Gasteiger partial charge in [0.25, 0.3) is 5.91 Å². The number of aliphatic carboxylic acids is 1. The van der Waals surface area contributed by atoms with Crippen LogP contribution in [0.25, 0.3) is 0 Å². The molecule has 1 aromatic rings. The molecule has 9 nitrogen and oxygen atoms in total. The number of fused-ring (bicyclic) bond motifs is 1. The SMILES string of the molecule is CSCCC(NC(=O)c1cccc2c1CCNC2)C(=O)NCC(=O)N(C)C(CCSC)C(=O)O. The molecule has 0 spiro atoms. The van der Waals surface area contributed by atoms with E-state index < -0.39 is 29.9 Å². The lowest BCUT2D eigenvalue weighted by atomic mass is 9.95. The molecule has 188 valence electrons. The van der Waals surface area contributed by atoms with Crippen LogP contribution in [0.5, 0.6) is 0 Å². The molecule has 1 aliphatic heterocycles. The van der Waals surface area contributed by atoms with Crippen molar-refractivity contribution < 1.29 is 24.3 Å². The Labute approximate surface area is 209 Å². The molecule has 0 saturated carbocycles. The fourth-order valence-electron chi connectivity index (χ4n) is 3.78. The van der Waals surface area contributed by atoms with Gasteiger partial charge in [0.2, 0.25) is 11.8 Å². The van der Waals surface area contributed by atoms with Crippen molar-refractivity contribution in [2.75, 3.05) is 44.2 Å². The van der Waals surface area contributed by atoms with Crippen LogP contribution in [0.2, 0.25) is 0 Å². The summed E-state index contributed by atoms with van der Waals surface area (Å²) in [7, 11) is 1.42. The molecule has 4 N–H and O–H groups in total. The number of carboxylic acid groups (broad SMARTS) is 1. The highest BCUT2D eigenvalue weighted by Crippen LogP contribution is 2.19. The van der Waals surface area contributed by atoms with E-state index in [4.69, 9.17) is 0 Å². The van der Waals surface area contributed by atoms with Crippen LogP contribution in [-0.4, -0.2) is 89.9 Å². The molecular weight excluding hydrogens is 476 g/mol. The normalized spacial score (nSPS) is 14.4. The average molecular weight is 511 g/mol. The standard InChI is InChI=1S/C23H34N4O5S2/c1-27(19(23(31)32)9-12-34-3)20(28)14-25-22(30)18(8-11-33-2)26-21(29)17-6-4-5-15-13-24-10-7-16(15)17/h4-6,18-19,24H,7-14H2,1-3H3,(H,25,30)(H,26,29)(H,31,32). The monoisotopic (exact) mass is 510 g/mol. The first-order valence-corrected chi connectivity index (χ1v) is 13.9. The van der Waals surface area contributed by atoms with Gasteiger partial charge < -0.3 is 26.0 Å². The van der Waals surface area contributed by atoms with E-state index in [9.17, 15) is 24.3 Å². The quantitative estimate of drug-likeness (QED) is 0.309. The lowest BCUT2D eigenvalue weighted by Crippen LogP contribution is -2.51. The van der Waals surface area contributed by atoms with Crippen LogP contribution < -0.4 is 16.0 Å². The number of hydrogen-bond acceptors (Lipinski definition) is 7. The zero-order valence-electron chi connectivity index (χ0n) is 19.9. The van der Waals surface area contributed by atoms with Crippen LogP contribution in [0.15, 0.2) is 18.2 Å². The molecule has 0 fully saturated rings. The van der Waals surface area contributed by atoms with Crippen LogP contribution in [0.4, 0.5) is 0 Å². The molecule has 0 saturated heterocycles. The highest BCUT2D eigenvalue weighted by Gasteiger charge is 2.28. The maximum atomic E-state index is 13.0.